The van der Waals surface area contributed by atoms with E-state index in [1.54, 1.807) is 6.07 Å². The van der Waals surface area contributed by atoms with E-state index in [0.717, 1.165) is 31.2 Å². The third-order valence-electron chi connectivity index (χ3n) is 4.26. The van der Waals surface area contributed by atoms with Gasteiger partial charge in [0.25, 0.3) is 5.91 Å². The number of fused-ring (bicyclic) bond motifs is 1. The minimum absolute atomic E-state index is 0.183. The van der Waals surface area contributed by atoms with E-state index >= 15 is 0 Å². The van der Waals surface area contributed by atoms with E-state index in [0.29, 0.717) is 15.4 Å². The van der Waals surface area contributed by atoms with Gasteiger partial charge in [-0.15, -0.1) is 22.7 Å². The molecule has 0 aliphatic heterocycles. The number of nitrogens with one attached hydrogen (secondary N) is 2. The molecule has 2 aromatic rings. The molecule has 3 rings (SSSR count). The summed E-state index contributed by atoms with van der Waals surface area (Å²) in [6, 6.07) is 3.55. The minimum atomic E-state index is -0.363. The third-order valence-corrected chi connectivity index (χ3v) is 6.54. The SMILES string of the molecule is COC(=O)c1c(NC(=S)NC(=O)c2cccs2)sc2c1CCCCCC2. The molecule has 0 atom stereocenters. The number of hydrogen-bond donors (Lipinski definition) is 2. The number of carbonyl (C=O) groups is 2. The molecule has 1 aliphatic carbocycles. The molecule has 0 saturated carbocycles. The van der Waals surface area contributed by atoms with Gasteiger partial charge in [-0.2, -0.15) is 0 Å². The molecule has 0 bridgehead atoms. The zero-order valence-corrected chi connectivity index (χ0v) is 16.9. The monoisotopic (exact) mass is 408 g/mol. The van der Waals surface area contributed by atoms with Gasteiger partial charge in [-0.3, -0.25) is 10.1 Å². The maximum Gasteiger partial charge on any atom is 0.341 e. The van der Waals surface area contributed by atoms with Gasteiger partial charge in [-0.05, 0) is 54.9 Å². The van der Waals surface area contributed by atoms with Gasteiger partial charge in [0.15, 0.2) is 5.11 Å². The van der Waals surface area contributed by atoms with E-state index in [1.807, 2.05) is 11.4 Å². The summed E-state index contributed by atoms with van der Waals surface area (Å²) in [6.45, 7) is 0. The quantitative estimate of drug-likeness (QED) is 0.583. The highest BCUT2D eigenvalue weighted by Crippen LogP contribution is 2.37. The molecule has 1 aliphatic rings. The van der Waals surface area contributed by atoms with Crippen LogP contribution in [0.4, 0.5) is 5.00 Å². The Morgan fingerprint density at radius 2 is 1.96 bits per heavy atom. The molecule has 0 fully saturated rings. The second-order valence-corrected chi connectivity index (χ2v) is 8.46. The summed E-state index contributed by atoms with van der Waals surface area (Å²) in [7, 11) is 1.38. The van der Waals surface area contributed by atoms with Gasteiger partial charge in [0.05, 0.1) is 17.6 Å². The standard InChI is InChI=1S/C18H20N2O3S3/c1-23-17(22)14-11-7-4-2-3-5-8-12(11)26-16(14)20-18(24)19-15(21)13-9-6-10-25-13/h6,9-10H,2-5,7-8H2,1H3,(H2,19,20,21,24). The molecule has 0 spiro atoms. The summed E-state index contributed by atoms with van der Waals surface area (Å²) in [5, 5.41) is 8.37. The molecule has 0 saturated heterocycles. The van der Waals surface area contributed by atoms with Crippen LogP contribution in [-0.2, 0) is 17.6 Å². The summed E-state index contributed by atoms with van der Waals surface area (Å²) in [4.78, 5) is 26.3. The lowest BCUT2D eigenvalue weighted by Crippen LogP contribution is -2.33. The van der Waals surface area contributed by atoms with Gasteiger partial charge in [0.2, 0.25) is 0 Å². The van der Waals surface area contributed by atoms with Crippen molar-refractivity contribution in [3.05, 3.63) is 38.4 Å². The van der Waals surface area contributed by atoms with E-state index in [4.69, 9.17) is 17.0 Å². The van der Waals surface area contributed by atoms with Crippen LogP contribution in [0.15, 0.2) is 17.5 Å². The Hall–Kier alpha value is -1.77. The minimum Gasteiger partial charge on any atom is -0.465 e. The molecule has 8 heteroatoms. The van der Waals surface area contributed by atoms with Crippen molar-refractivity contribution in [1.82, 2.24) is 5.32 Å². The lowest BCUT2D eigenvalue weighted by atomic mass is 9.96. The molecule has 2 N–H and O–H groups in total. The summed E-state index contributed by atoms with van der Waals surface area (Å²) < 4.78 is 4.99. The number of aryl methyl sites for hydroxylation is 1. The lowest BCUT2D eigenvalue weighted by Gasteiger charge is -2.11. The van der Waals surface area contributed by atoms with Crippen molar-refractivity contribution in [2.24, 2.45) is 0 Å². The molecule has 138 valence electrons. The summed E-state index contributed by atoms with van der Waals surface area (Å²) in [5.41, 5.74) is 1.62. The maximum absolute atomic E-state index is 12.4. The summed E-state index contributed by atoms with van der Waals surface area (Å²) >= 11 is 8.16. The second kappa shape index (κ2) is 8.75. The van der Waals surface area contributed by atoms with Gasteiger partial charge in [0.1, 0.15) is 5.00 Å². The number of methoxy groups -OCH3 is 1. The Labute approximate surface area is 165 Å². The molecular weight excluding hydrogens is 388 g/mol. The molecule has 1 amide bonds. The Morgan fingerprint density at radius 3 is 2.65 bits per heavy atom. The first kappa shape index (κ1) is 19.0. The first-order valence-corrected chi connectivity index (χ1v) is 10.6. The van der Waals surface area contributed by atoms with Crippen molar-refractivity contribution in [3.8, 4) is 0 Å². The van der Waals surface area contributed by atoms with Gasteiger partial charge in [-0.1, -0.05) is 18.9 Å². The first-order chi connectivity index (χ1) is 12.6. The average Bonchev–Trinajstić information content (AvgIpc) is 3.23. The van der Waals surface area contributed by atoms with Crippen LogP contribution >= 0.6 is 34.9 Å². The number of esters is 1. The Morgan fingerprint density at radius 1 is 1.19 bits per heavy atom. The average molecular weight is 409 g/mol. The molecule has 5 nitrogen and oxygen atoms in total. The number of amides is 1. The molecule has 0 aromatic carbocycles. The van der Waals surface area contributed by atoms with Crippen molar-refractivity contribution in [2.75, 3.05) is 12.4 Å². The molecule has 2 aromatic heterocycles. The zero-order valence-electron chi connectivity index (χ0n) is 14.4. The largest absolute Gasteiger partial charge is 0.465 e. The molecular formula is C18H20N2O3S3. The fourth-order valence-corrected chi connectivity index (χ4v) is 5.19. The molecule has 0 unspecified atom stereocenters. The van der Waals surface area contributed by atoms with E-state index in [1.165, 1.54) is 47.5 Å². The molecule has 2 heterocycles. The number of thiophene rings is 2. The fourth-order valence-electron chi connectivity index (χ4n) is 3.03. The van der Waals surface area contributed by atoms with E-state index in [2.05, 4.69) is 10.6 Å². The number of hydrogen-bond acceptors (Lipinski definition) is 6. The third kappa shape index (κ3) is 4.31. The van der Waals surface area contributed by atoms with Crippen LogP contribution in [0, 0.1) is 0 Å². The van der Waals surface area contributed by atoms with Gasteiger partial charge < -0.3 is 10.1 Å². The number of ether oxygens (including phenoxy) is 1. The fraction of sp³-hybridized carbons (Fsp3) is 0.389. The predicted molar refractivity (Wildman–Crippen MR) is 110 cm³/mol. The van der Waals surface area contributed by atoms with Crippen molar-refractivity contribution in [3.63, 3.8) is 0 Å². The van der Waals surface area contributed by atoms with Crippen LogP contribution in [0.1, 0.15) is 56.2 Å². The zero-order chi connectivity index (χ0) is 18.5. The van der Waals surface area contributed by atoms with E-state index < -0.39 is 0 Å². The van der Waals surface area contributed by atoms with Crippen molar-refractivity contribution in [1.29, 1.82) is 0 Å². The van der Waals surface area contributed by atoms with Gasteiger partial charge >= 0.3 is 5.97 Å². The predicted octanol–water partition coefficient (Wildman–Crippen LogP) is 4.38. The first-order valence-electron chi connectivity index (χ1n) is 8.49. The van der Waals surface area contributed by atoms with Crippen molar-refractivity contribution >= 4 is 56.9 Å². The van der Waals surface area contributed by atoms with Crippen molar-refractivity contribution in [2.45, 2.75) is 38.5 Å². The highest BCUT2D eigenvalue weighted by atomic mass is 32.1. The lowest BCUT2D eigenvalue weighted by molar-refractivity contribution is 0.0601. The van der Waals surface area contributed by atoms with Gasteiger partial charge in [0, 0.05) is 4.88 Å². The van der Waals surface area contributed by atoms with E-state index in [9.17, 15) is 9.59 Å². The second-order valence-electron chi connectivity index (χ2n) is 6.00. The smallest absolute Gasteiger partial charge is 0.341 e. The van der Waals surface area contributed by atoms with E-state index in [-0.39, 0.29) is 17.0 Å². The number of carbonyl (C=O) groups excluding carboxylic acids is 2. The maximum atomic E-state index is 12.4. The number of anilines is 1. The van der Waals surface area contributed by atoms with Crippen LogP contribution in [0.3, 0.4) is 0 Å². The number of rotatable bonds is 3. The topological polar surface area (TPSA) is 67.4 Å². The summed E-state index contributed by atoms with van der Waals surface area (Å²) in [6.07, 6.45) is 6.39. The normalized spacial score (nSPS) is 13.9. The molecule has 26 heavy (non-hydrogen) atoms. The number of thiocarbonyl (C=S) groups is 1. The summed E-state index contributed by atoms with van der Waals surface area (Å²) in [5.74, 6) is -0.620. The van der Waals surface area contributed by atoms with Crippen LogP contribution in [0.25, 0.3) is 0 Å². The van der Waals surface area contributed by atoms with Crippen LogP contribution in [0.5, 0.6) is 0 Å². The van der Waals surface area contributed by atoms with Crippen LogP contribution in [-0.4, -0.2) is 24.1 Å². The highest BCUT2D eigenvalue weighted by molar-refractivity contribution is 7.80. The van der Waals surface area contributed by atoms with Crippen LogP contribution in [0.2, 0.25) is 0 Å². The Kier molecular flexibility index (Phi) is 6.39. The van der Waals surface area contributed by atoms with Crippen molar-refractivity contribution < 1.29 is 14.3 Å². The highest BCUT2D eigenvalue weighted by Gasteiger charge is 2.25. The van der Waals surface area contributed by atoms with Gasteiger partial charge in [-0.25, -0.2) is 4.79 Å². The Balaban J connectivity index is 1.81. The van der Waals surface area contributed by atoms with Crippen LogP contribution < -0.4 is 10.6 Å². The molecule has 0 radical (unpaired) electrons. The Bertz CT molecular complexity index is 812.